The number of hydrogen-bond acceptors (Lipinski definition) is 5. The summed E-state index contributed by atoms with van der Waals surface area (Å²) >= 11 is 6.31. The number of nitrogens with one attached hydrogen (secondary N) is 2. The smallest absolute Gasteiger partial charge is 0.329 e. The highest BCUT2D eigenvalue weighted by Gasteiger charge is 2.32. The van der Waals surface area contributed by atoms with Crippen molar-refractivity contribution in [2.75, 3.05) is 25.6 Å². The van der Waals surface area contributed by atoms with Gasteiger partial charge in [-0.25, -0.2) is 9.18 Å². The number of urea groups is 1. The summed E-state index contributed by atoms with van der Waals surface area (Å²) in [6.07, 6.45) is 2.13. The fourth-order valence-electron chi connectivity index (χ4n) is 3.00. The fraction of sp³-hybridized carbons (Fsp3) is 0.227. The van der Waals surface area contributed by atoms with Gasteiger partial charge in [0.1, 0.15) is 11.5 Å². The van der Waals surface area contributed by atoms with Gasteiger partial charge in [-0.1, -0.05) is 18.5 Å². The van der Waals surface area contributed by atoms with Crippen LogP contribution in [-0.2, 0) is 9.59 Å². The number of anilines is 1. The van der Waals surface area contributed by atoms with Gasteiger partial charge in [-0.15, -0.1) is 0 Å². The number of ether oxygens (including phenoxy) is 2. The van der Waals surface area contributed by atoms with E-state index in [1.807, 2.05) is 6.92 Å². The SMILES string of the molecule is CCCN1C(=O)N/C(=C/c2cc(Cl)c(OCC(=O)Nc3ccc(F)cc3)c(OC)c2)C1=O. The van der Waals surface area contributed by atoms with Gasteiger partial charge in [0.2, 0.25) is 0 Å². The molecule has 2 aromatic carbocycles. The fourth-order valence-corrected chi connectivity index (χ4v) is 3.27. The zero-order valence-corrected chi connectivity index (χ0v) is 18.2. The van der Waals surface area contributed by atoms with E-state index in [1.165, 1.54) is 43.5 Å². The maximum absolute atomic E-state index is 13.0. The van der Waals surface area contributed by atoms with Gasteiger partial charge < -0.3 is 20.1 Å². The maximum Gasteiger partial charge on any atom is 0.329 e. The first-order valence-corrected chi connectivity index (χ1v) is 10.1. The molecule has 4 amide bonds. The molecule has 1 fully saturated rings. The van der Waals surface area contributed by atoms with E-state index in [-0.39, 0.29) is 28.8 Å². The monoisotopic (exact) mass is 461 g/mol. The Kier molecular flexibility index (Phi) is 7.32. The molecule has 168 valence electrons. The first-order chi connectivity index (χ1) is 15.3. The Morgan fingerprint density at radius 1 is 1.25 bits per heavy atom. The zero-order chi connectivity index (χ0) is 23.3. The summed E-state index contributed by atoms with van der Waals surface area (Å²) < 4.78 is 23.8. The molecule has 2 aromatic rings. The van der Waals surface area contributed by atoms with E-state index < -0.39 is 23.7 Å². The Morgan fingerprint density at radius 2 is 1.97 bits per heavy atom. The van der Waals surface area contributed by atoms with Gasteiger partial charge >= 0.3 is 6.03 Å². The number of carbonyl (C=O) groups is 3. The summed E-state index contributed by atoms with van der Waals surface area (Å²) in [7, 11) is 1.40. The van der Waals surface area contributed by atoms with Gasteiger partial charge in [0, 0.05) is 12.2 Å². The lowest BCUT2D eigenvalue weighted by Gasteiger charge is -2.13. The molecule has 0 unspecified atom stereocenters. The van der Waals surface area contributed by atoms with Crippen LogP contribution >= 0.6 is 11.6 Å². The minimum absolute atomic E-state index is 0.119. The van der Waals surface area contributed by atoms with E-state index in [2.05, 4.69) is 10.6 Å². The molecule has 8 nitrogen and oxygen atoms in total. The third-order valence-corrected chi connectivity index (χ3v) is 4.73. The van der Waals surface area contributed by atoms with Gasteiger partial charge in [0.15, 0.2) is 18.1 Å². The predicted molar refractivity (Wildman–Crippen MR) is 117 cm³/mol. The van der Waals surface area contributed by atoms with Crippen LogP contribution in [0.4, 0.5) is 14.9 Å². The van der Waals surface area contributed by atoms with Crippen molar-refractivity contribution in [1.29, 1.82) is 0 Å². The van der Waals surface area contributed by atoms with Crippen molar-refractivity contribution in [3.8, 4) is 11.5 Å². The van der Waals surface area contributed by atoms with Gasteiger partial charge in [-0.2, -0.15) is 0 Å². The molecular formula is C22H21ClFN3O5. The third-order valence-electron chi connectivity index (χ3n) is 4.45. The second-order valence-corrected chi connectivity index (χ2v) is 7.23. The lowest BCUT2D eigenvalue weighted by Crippen LogP contribution is -2.31. The summed E-state index contributed by atoms with van der Waals surface area (Å²) in [5.74, 6) is -0.940. The molecule has 1 saturated heterocycles. The summed E-state index contributed by atoms with van der Waals surface area (Å²) in [6.45, 7) is 1.82. The number of imide groups is 1. The van der Waals surface area contributed by atoms with Crippen LogP contribution in [0.3, 0.4) is 0 Å². The van der Waals surface area contributed by atoms with E-state index in [1.54, 1.807) is 6.07 Å². The first kappa shape index (κ1) is 23.1. The highest BCUT2D eigenvalue weighted by Crippen LogP contribution is 2.37. The van der Waals surface area contributed by atoms with Crippen LogP contribution in [0.15, 0.2) is 42.1 Å². The summed E-state index contributed by atoms with van der Waals surface area (Å²) in [6, 6.07) is 7.90. The summed E-state index contributed by atoms with van der Waals surface area (Å²) in [4.78, 5) is 37.6. The van der Waals surface area contributed by atoms with Crippen molar-refractivity contribution in [3.05, 3.63) is 58.5 Å². The number of amides is 4. The van der Waals surface area contributed by atoms with Crippen LogP contribution in [0.5, 0.6) is 11.5 Å². The molecule has 0 radical (unpaired) electrons. The van der Waals surface area contributed by atoms with Crippen LogP contribution in [0, 0.1) is 5.82 Å². The van der Waals surface area contributed by atoms with Crippen LogP contribution in [0.1, 0.15) is 18.9 Å². The van der Waals surface area contributed by atoms with Crippen molar-refractivity contribution in [3.63, 3.8) is 0 Å². The minimum atomic E-state index is -0.478. The number of halogens is 2. The molecule has 1 aliphatic rings. The Bertz CT molecular complexity index is 1070. The number of nitrogens with zero attached hydrogens (tertiary/aromatic N) is 1. The Morgan fingerprint density at radius 3 is 2.62 bits per heavy atom. The van der Waals surface area contributed by atoms with Crippen LogP contribution in [0.2, 0.25) is 5.02 Å². The zero-order valence-electron chi connectivity index (χ0n) is 17.4. The van der Waals surface area contributed by atoms with Crippen molar-refractivity contribution in [2.24, 2.45) is 0 Å². The Balaban J connectivity index is 1.72. The largest absolute Gasteiger partial charge is 0.493 e. The number of carbonyl (C=O) groups excluding carboxylic acids is 3. The van der Waals surface area contributed by atoms with Gasteiger partial charge in [-0.05, 0) is 54.5 Å². The molecule has 2 N–H and O–H groups in total. The molecule has 10 heteroatoms. The van der Waals surface area contributed by atoms with E-state index >= 15 is 0 Å². The molecule has 0 saturated carbocycles. The Labute approximate surface area is 188 Å². The lowest BCUT2D eigenvalue weighted by atomic mass is 10.1. The molecular weight excluding hydrogens is 441 g/mol. The molecule has 0 atom stereocenters. The number of methoxy groups -OCH3 is 1. The van der Waals surface area contributed by atoms with Crippen LogP contribution in [0.25, 0.3) is 6.08 Å². The van der Waals surface area contributed by atoms with Crippen molar-refractivity contribution < 1.29 is 28.2 Å². The molecule has 0 aromatic heterocycles. The molecule has 0 aliphatic carbocycles. The van der Waals surface area contributed by atoms with Crippen molar-refractivity contribution in [2.45, 2.75) is 13.3 Å². The normalized spacial score (nSPS) is 14.5. The second kappa shape index (κ2) is 10.1. The Hall–Kier alpha value is -3.59. The van der Waals surface area contributed by atoms with E-state index in [4.69, 9.17) is 21.1 Å². The minimum Gasteiger partial charge on any atom is -0.493 e. The number of benzene rings is 2. The van der Waals surface area contributed by atoms with Crippen molar-refractivity contribution >= 4 is 41.2 Å². The molecule has 3 rings (SSSR count). The van der Waals surface area contributed by atoms with Crippen molar-refractivity contribution in [1.82, 2.24) is 10.2 Å². The number of hydrogen-bond donors (Lipinski definition) is 2. The summed E-state index contributed by atoms with van der Waals surface area (Å²) in [5.41, 5.74) is 1.03. The highest BCUT2D eigenvalue weighted by atomic mass is 35.5. The van der Waals surface area contributed by atoms with Gasteiger partial charge in [0.05, 0.1) is 12.1 Å². The molecule has 1 aliphatic heterocycles. The molecule has 0 bridgehead atoms. The summed E-state index contributed by atoms with van der Waals surface area (Å²) in [5, 5.41) is 5.25. The van der Waals surface area contributed by atoms with E-state index in [0.29, 0.717) is 24.2 Å². The highest BCUT2D eigenvalue weighted by molar-refractivity contribution is 6.32. The molecule has 0 spiro atoms. The topological polar surface area (TPSA) is 97.0 Å². The number of rotatable bonds is 8. The molecule has 1 heterocycles. The quantitative estimate of drug-likeness (QED) is 0.460. The van der Waals surface area contributed by atoms with E-state index in [9.17, 15) is 18.8 Å². The van der Waals surface area contributed by atoms with Gasteiger partial charge in [0.25, 0.3) is 11.8 Å². The van der Waals surface area contributed by atoms with Crippen LogP contribution in [-0.4, -0.2) is 43.0 Å². The second-order valence-electron chi connectivity index (χ2n) is 6.82. The van der Waals surface area contributed by atoms with E-state index in [0.717, 1.165) is 4.90 Å². The maximum atomic E-state index is 13.0. The van der Waals surface area contributed by atoms with Crippen LogP contribution < -0.4 is 20.1 Å². The first-order valence-electron chi connectivity index (χ1n) is 9.72. The standard InChI is InChI=1S/C22H21ClFN3O5/c1-3-8-27-21(29)17(26-22(27)30)10-13-9-16(23)20(18(11-13)31-2)32-12-19(28)25-15-6-4-14(24)5-7-15/h4-7,9-11H,3,8,12H2,1-2H3,(H,25,28)(H,26,30)/b17-10+. The average molecular weight is 462 g/mol. The lowest BCUT2D eigenvalue weighted by molar-refractivity contribution is -0.123. The van der Waals surface area contributed by atoms with Gasteiger partial charge in [-0.3, -0.25) is 14.5 Å². The predicted octanol–water partition coefficient (Wildman–Crippen LogP) is 3.81. The third kappa shape index (κ3) is 5.36. The average Bonchev–Trinajstić information content (AvgIpc) is 3.02. The molecule has 32 heavy (non-hydrogen) atoms.